The number of benzene rings is 1. The summed E-state index contributed by atoms with van der Waals surface area (Å²) in [6, 6.07) is 10.1. The molecule has 1 atom stereocenters. The fourth-order valence-electron chi connectivity index (χ4n) is 2.14. The number of pyridine rings is 1. The lowest BCUT2D eigenvalue weighted by atomic mass is 9.97. The summed E-state index contributed by atoms with van der Waals surface area (Å²) in [5, 5.41) is 0. The van der Waals surface area contributed by atoms with Gasteiger partial charge in [-0.2, -0.15) is 0 Å². The van der Waals surface area contributed by atoms with Gasteiger partial charge in [0.15, 0.2) is 0 Å². The van der Waals surface area contributed by atoms with Gasteiger partial charge in [0, 0.05) is 18.0 Å². The van der Waals surface area contributed by atoms with Crippen molar-refractivity contribution in [2.24, 2.45) is 5.84 Å². The molecule has 0 aliphatic rings. The van der Waals surface area contributed by atoms with E-state index in [1.807, 2.05) is 24.3 Å². The lowest BCUT2D eigenvalue weighted by Crippen LogP contribution is -2.30. The van der Waals surface area contributed by atoms with E-state index in [-0.39, 0.29) is 6.04 Å². The molecule has 1 heterocycles. The second kappa shape index (κ2) is 6.31. The van der Waals surface area contributed by atoms with Gasteiger partial charge in [-0.3, -0.25) is 16.3 Å². The van der Waals surface area contributed by atoms with Gasteiger partial charge in [-0.05, 0) is 37.1 Å². The number of hydrogen-bond donors (Lipinski definition) is 2. The highest BCUT2D eigenvalue weighted by atomic mass is 16.5. The predicted molar refractivity (Wildman–Crippen MR) is 75.7 cm³/mol. The zero-order valence-corrected chi connectivity index (χ0v) is 11.3. The Morgan fingerprint density at radius 3 is 2.63 bits per heavy atom. The molecule has 0 radical (unpaired) electrons. The number of methoxy groups -OCH3 is 1. The zero-order chi connectivity index (χ0) is 13.7. The van der Waals surface area contributed by atoms with E-state index in [1.54, 1.807) is 19.5 Å². The van der Waals surface area contributed by atoms with E-state index >= 15 is 0 Å². The minimum Gasteiger partial charge on any atom is -0.496 e. The van der Waals surface area contributed by atoms with E-state index < -0.39 is 0 Å². The highest BCUT2D eigenvalue weighted by Gasteiger charge is 2.15. The van der Waals surface area contributed by atoms with Gasteiger partial charge in [-0.1, -0.05) is 17.7 Å². The van der Waals surface area contributed by atoms with Crippen molar-refractivity contribution in [1.29, 1.82) is 0 Å². The average molecular weight is 257 g/mol. The van der Waals surface area contributed by atoms with Crippen LogP contribution < -0.4 is 16.0 Å². The van der Waals surface area contributed by atoms with E-state index in [9.17, 15) is 0 Å². The predicted octanol–water partition coefficient (Wildman–Crippen LogP) is 2.15. The maximum absolute atomic E-state index is 5.71. The first-order valence-corrected chi connectivity index (χ1v) is 6.24. The van der Waals surface area contributed by atoms with Crippen molar-refractivity contribution < 1.29 is 4.74 Å². The van der Waals surface area contributed by atoms with Crippen LogP contribution in [0.25, 0.3) is 0 Å². The Morgan fingerprint density at radius 2 is 2.00 bits per heavy atom. The Balaban J connectivity index is 2.29. The first-order valence-electron chi connectivity index (χ1n) is 6.24. The average Bonchev–Trinajstić information content (AvgIpc) is 2.46. The molecular weight excluding hydrogens is 238 g/mol. The number of nitrogens with two attached hydrogens (primary N) is 1. The molecule has 0 fully saturated rings. The fourth-order valence-corrected chi connectivity index (χ4v) is 2.14. The van der Waals surface area contributed by atoms with E-state index in [2.05, 4.69) is 23.4 Å². The van der Waals surface area contributed by atoms with Gasteiger partial charge in [-0.25, -0.2) is 0 Å². The fraction of sp³-hybridized carbons (Fsp3) is 0.267. The third-order valence-corrected chi connectivity index (χ3v) is 3.15. The highest BCUT2D eigenvalue weighted by molar-refractivity contribution is 5.39. The second-order valence-corrected chi connectivity index (χ2v) is 4.52. The Hall–Kier alpha value is -1.91. The van der Waals surface area contributed by atoms with E-state index in [0.29, 0.717) is 0 Å². The van der Waals surface area contributed by atoms with Gasteiger partial charge >= 0.3 is 0 Å². The summed E-state index contributed by atoms with van der Waals surface area (Å²) in [4.78, 5) is 4.02. The quantitative estimate of drug-likeness (QED) is 0.636. The van der Waals surface area contributed by atoms with E-state index in [0.717, 1.165) is 17.7 Å². The SMILES string of the molecule is COc1ccc(C)cc1C(Cc1ccncc1)NN. The number of rotatable bonds is 5. The molecule has 0 amide bonds. The molecule has 0 saturated carbocycles. The molecule has 3 N–H and O–H groups in total. The van der Waals surface area contributed by atoms with Crippen LogP contribution >= 0.6 is 0 Å². The van der Waals surface area contributed by atoms with Crippen molar-refractivity contribution in [3.05, 3.63) is 59.4 Å². The van der Waals surface area contributed by atoms with E-state index in [4.69, 9.17) is 10.6 Å². The molecule has 4 heteroatoms. The largest absolute Gasteiger partial charge is 0.496 e. The number of hydrogen-bond acceptors (Lipinski definition) is 4. The number of ether oxygens (including phenoxy) is 1. The third-order valence-electron chi connectivity index (χ3n) is 3.15. The van der Waals surface area contributed by atoms with Gasteiger partial charge in [0.1, 0.15) is 5.75 Å². The molecule has 100 valence electrons. The normalized spacial score (nSPS) is 12.2. The lowest BCUT2D eigenvalue weighted by Gasteiger charge is -2.19. The van der Waals surface area contributed by atoms with Gasteiger partial charge < -0.3 is 4.74 Å². The number of nitrogens with one attached hydrogen (secondary N) is 1. The molecule has 1 aromatic carbocycles. The monoisotopic (exact) mass is 257 g/mol. The highest BCUT2D eigenvalue weighted by Crippen LogP contribution is 2.28. The first-order chi connectivity index (χ1) is 9.24. The standard InChI is InChI=1S/C15H19N3O/c1-11-3-4-15(19-2)13(9-11)14(18-16)10-12-5-7-17-8-6-12/h3-9,14,18H,10,16H2,1-2H3. The van der Waals surface area contributed by atoms with Crippen molar-refractivity contribution in [3.63, 3.8) is 0 Å². The van der Waals surface area contributed by atoms with Gasteiger partial charge in [0.2, 0.25) is 0 Å². The maximum atomic E-state index is 5.71. The summed E-state index contributed by atoms with van der Waals surface area (Å²) >= 11 is 0. The van der Waals surface area contributed by atoms with Crippen molar-refractivity contribution in [3.8, 4) is 5.75 Å². The summed E-state index contributed by atoms with van der Waals surface area (Å²) in [6.07, 6.45) is 4.37. The van der Waals surface area contributed by atoms with E-state index in [1.165, 1.54) is 11.1 Å². The third kappa shape index (κ3) is 3.30. The maximum Gasteiger partial charge on any atom is 0.123 e. The minimum atomic E-state index is 0.0113. The van der Waals surface area contributed by atoms with Crippen molar-refractivity contribution in [2.75, 3.05) is 7.11 Å². The van der Waals surface area contributed by atoms with Crippen LogP contribution in [0.2, 0.25) is 0 Å². The van der Waals surface area contributed by atoms with Crippen LogP contribution in [0.1, 0.15) is 22.7 Å². The van der Waals surface area contributed by atoms with Crippen molar-refractivity contribution in [2.45, 2.75) is 19.4 Å². The molecule has 19 heavy (non-hydrogen) atoms. The number of aryl methyl sites for hydroxylation is 1. The van der Waals surface area contributed by atoms with Crippen molar-refractivity contribution in [1.82, 2.24) is 10.4 Å². The Morgan fingerprint density at radius 1 is 1.26 bits per heavy atom. The lowest BCUT2D eigenvalue weighted by molar-refractivity contribution is 0.399. The zero-order valence-electron chi connectivity index (χ0n) is 11.3. The number of hydrazine groups is 1. The minimum absolute atomic E-state index is 0.0113. The van der Waals surface area contributed by atoms with Crippen LogP contribution in [-0.4, -0.2) is 12.1 Å². The molecule has 1 aromatic heterocycles. The van der Waals surface area contributed by atoms with Crippen LogP contribution in [0.5, 0.6) is 5.75 Å². The summed E-state index contributed by atoms with van der Waals surface area (Å²) < 4.78 is 5.41. The van der Waals surface area contributed by atoms with Crippen molar-refractivity contribution >= 4 is 0 Å². The summed E-state index contributed by atoms with van der Waals surface area (Å²) in [5.74, 6) is 6.55. The second-order valence-electron chi connectivity index (χ2n) is 4.52. The summed E-state index contributed by atoms with van der Waals surface area (Å²) in [7, 11) is 1.67. The molecule has 1 unspecified atom stereocenters. The number of nitrogens with zero attached hydrogens (tertiary/aromatic N) is 1. The Kier molecular flexibility index (Phi) is 4.49. The molecule has 0 aliphatic heterocycles. The molecule has 2 aromatic rings. The smallest absolute Gasteiger partial charge is 0.123 e. The van der Waals surface area contributed by atoms with Crippen LogP contribution in [0, 0.1) is 6.92 Å². The molecule has 0 bridgehead atoms. The van der Waals surface area contributed by atoms with Crippen LogP contribution in [0.4, 0.5) is 0 Å². The van der Waals surface area contributed by atoms with Gasteiger partial charge in [-0.15, -0.1) is 0 Å². The van der Waals surface area contributed by atoms with Crippen LogP contribution in [0.3, 0.4) is 0 Å². The molecule has 4 nitrogen and oxygen atoms in total. The molecule has 0 saturated heterocycles. The Labute approximate surface area is 113 Å². The van der Waals surface area contributed by atoms with Gasteiger partial charge in [0.05, 0.1) is 13.2 Å². The summed E-state index contributed by atoms with van der Waals surface area (Å²) in [5.41, 5.74) is 6.31. The number of aromatic nitrogens is 1. The molecule has 0 aliphatic carbocycles. The van der Waals surface area contributed by atoms with Crippen LogP contribution in [-0.2, 0) is 6.42 Å². The van der Waals surface area contributed by atoms with Gasteiger partial charge in [0.25, 0.3) is 0 Å². The first kappa shape index (κ1) is 13.5. The van der Waals surface area contributed by atoms with Crippen LogP contribution in [0.15, 0.2) is 42.7 Å². The molecular formula is C15H19N3O. The Bertz CT molecular complexity index is 528. The molecule has 2 rings (SSSR count). The summed E-state index contributed by atoms with van der Waals surface area (Å²) in [6.45, 7) is 2.06. The topological polar surface area (TPSA) is 60.2 Å². The molecule has 0 spiro atoms.